The van der Waals surface area contributed by atoms with Crippen LogP contribution in [0.15, 0.2) is 116 Å². The molecule has 2 heterocycles. The lowest BCUT2D eigenvalue weighted by atomic mass is 9.74. The van der Waals surface area contributed by atoms with Crippen molar-refractivity contribution in [3.05, 3.63) is 148 Å². The maximum Gasteiger partial charge on any atom is 0.320 e. The van der Waals surface area contributed by atoms with E-state index in [0.717, 1.165) is 33.5 Å². The summed E-state index contributed by atoms with van der Waals surface area (Å²) in [4.78, 5) is 22.1. The van der Waals surface area contributed by atoms with Crippen molar-refractivity contribution in [2.45, 2.75) is 31.5 Å². The second kappa shape index (κ2) is 13.5. The number of imidazole rings is 1. The number of urea groups is 1. The van der Waals surface area contributed by atoms with Crippen LogP contribution in [0.1, 0.15) is 35.2 Å². The standard InChI is InChI=1S/C37H36Cl2N4O2/c1-41-26-40-23-35(41)37(45,31-15-13-30(14-16-31)29-9-3-2-4-10-29)32-17-19-42(20-18-32)36(44)43(24-27-7-5-11-33(38)21-27)25-28-8-6-12-34(39)22-28/h2-16,21-23,26,32,45H,17-20,24-25H2,1H3. The van der Waals surface area contributed by atoms with Gasteiger partial charge in [-0.3, -0.25) is 0 Å². The number of likely N-dealkylation sites (tertiary alicyclic amines) is 1. The predicted molar refractivity (Wildman–Crippen MR) is 180 cm³/mol. The highest BCUT2D eigenvalue weighted by molar-refractivity contribution is 6.30. The maximum atomic E-state index is 14.1. The zero-order chi connectivity index (χ0) is 31.4. The number of hydrogen-bond donors (Lipinski definition) is 1. The van der Waals surface area contributed by atoms with Crippen molar-refractivity contribution in [1.29, 1.82) is 0 Å². The summed E-state index contributed by atoms with van der Waals surface area (Å²) in [6, 6.07) is 33.5. The van der Waals surface area contributed by atoms with Crippen LogP contribution in [0.4, 0.5) is 4.79 Å². The lowest BCUT2D eigenvalue weighted by molar-refractivity contribution is -0.0167. The molecule has 8 heteroatoms. The second-order valence-corrected chi connectivity index (χ2v) is 12.6. The third-order valence-electron chi connectivity index (χ3n) is 8.79. The first-order valence-corrected chi connectivity index (χ1v) is 15.9. The first-order valence-electron chi connectivity index (χ1n) is 15.2. The third-order valence-corrected chi connectivity index (χ3v) is 9.26. The Balaban J connectivity index is 1.23. The van der Waals surface area contributed by atoms with Crippen molar-refractivity contribution in [3.8, 4) is 11.1 Å². The zero-order valence-electron chi connectivity index (χ0n) is 25.2. The number of rotatable bonds is 8. The first kappa shape index (κ1) is 30.9. The average Bonchev–Trinajstić information content (AvgIpc) is 3.50. The van der Waals surface area contributed by atoms with E-state index in [2.05, 4.69) is 29.2 Å². The van der Waals surface area contributed by atoms with E-state index in [9.17, 15) is 9.90 Å². The zero-order valence-corrected chi connectivity index (χ0v) is 26.7. The molecule has 2 amide bonds. The fraction of sp³-hybridized carbons (Fsp3) is 0.243. The predicted octanol–water partition coefficient (Wildman–Crippen LogP) is 8.16. The Morgan fingerprint density at radius 3 is 1.96 bits per heavy atom. The van der Waals surface area contributed by atoms with Crippen LogP contribution >= 0.6 is 23.2 Å². The van der Waals surface area contributed by atoms with E-state index in [1.807, 2.05) is 100 Å². The summed E-state index contributed by atoms with van der Waals surface area (Å²) in [5, 5.41) is 13.9. The van der Waals surface area contributed by atoms with Crippen LogP contribution in [0.3, 0.4) is 0 Å². The van der Waals surface area contributed by atoms with Gasteiger partial charge in [0.2, 0.25) is 0 Å². The number of carbonyl (C=O) groups is 1. The van der Waals surface area contributed by atoms with Gasteiger partial charge in [0.1, 0.15) is 5.60 Å². The van der Waals surface area contributed by atoms with E-state index in [1.54, 1.807) is 12.5 Å². The van der Waals surface area contributed by atoms with Gasteiger partial charge in [0.05, 0.1) is 18.2 Å². The molecule has 6 rings (SSSR count). The molecule has 1 aromatic heterocycles. The number of hydrogen-bond acceptors (Lipinski definition) is 3. The van der Waals surface area contributed by atoms with Crippen LogP contribution in [0.25, 0.3) is 11.1 Å². The Morgan fingerprint density at radius 1 is 0.844 bits per heavy atom. The molecule has 0 saturated carbocycles. The third kappa shape index (κ3) is 6.79. The molecule has 230 valence electrons. The summed E-state index contributed by atoms with van der Waals surface area (Å²) in [6.07, 6.45) is 4.74. The van der Waals surface area contributed by atoms with Crippen LogP contribution < -0.4 is 0 Å². The van der Waals surface area contributed by atoms with Gasteiger partial charge in [-0.05, 0) is 64.9 Å². The monoisotopic (exact) mass is 638 g/mol. The van der Waals surface area contributed by atoms with E-state index >= 15 is 0 Å². The molecule has 1 saturated heterocycles. The van der Waals surface area contributed by atoms with Crippen molar-refractivity contribution < 1.29 is 9.90 Å². The highest BCUT2D eigenvalue weighted by atomic mass is 35.5. The van der Waals surface area contributed by atoms with Gasteiger partial charge >= 0.3 is 6.03 Å². The number of nitrogens with zero attached hydrogens (tertiary/aromatic N) is 4. The number of amides is 2. The fourth-order valence-electron chi connectivity index (χ4n) is 6.46. The molecule has 1 atom stereocenters. The minimum atomic E-state index is -1.27. The maximum absolute atomic E-state index is 14.1. The Morgan fingerprint density at radius 2 is 1.42 bits per heavy atom. The molecule has 1 unspecified atom stereocenters. The van der Waals surface area contributed by atoms with Crippen LogP contribution in [0.5, 0.6) is 0 Å². The van der Waals surface area contributed by atoms with Crippen molar-refractivity contribution >= 4 is 29.2 Å². The molecule has 1 N–H and O–H groups in total. The molecule has 0 spiro atoms. The Bertz CT molecular complexity index is 1700. The van der Waals surface area contributed by atoms with E-state index in [-0.39, 0.29) is 11.9 Å². The molecule has 5 aromatic rings. The first-order chi connectivity index (χ1) is 21.8. The Labute approximate surface area is 274 Å². The van der Waals surface area contributed by atoms with Gasteiger partial charge in [0.15, 0.2) is 0 Å². The summed E-state index contributed by atoms with van der Waals surface area (Å²) >= 11 is 12.6. The van der Waals surface area contributed by atoms with Crippen LogP contribution in [0, 0.1) is 5.92 Å². The molecular weight excluding hydrogens is 603 g/mol. The van der Waals surface area contributed by atoms with Crippen LogP contribution in [-0.2, 0) is 25.7 Å². The summed E-state index contributed by atoms with van der Waals surface area (Å²) in [6.45, 7) is 1.87. The Kier molecular flexibility index (Phi) is 9.27. The van der Waals surface area contributed by atoms with Crippen molar-refractivity contribution in [2.75, 3.05) is 13.1 Å². The topological polar surface area (TPSA) is 61.6 Å². The van der Waals surface area contributed by atoms with E-state index < -0.39 is 5.60 Å². The van der Waals surface area contributed by atoms with Gasteiger partial charge < -0.3 is 19.5 Å². The summed E-state index contributed by atoms with van der Waals surface area (Å²) in [5.74, 6) is -0.117. The molecule has 1 aliphatic heterocycles. The quantitative estimate of drug-likeness (QED) is 0.186. The lowest BCUT2D eigenvalue weighted by Gasteiger charge is -2.43. The van der Waals surface area contributed by atoms with Gasteiger partial charge in [-0.25, -0.2) is 9.78 Å². The molecule has 0 aliphatic carbocycles. The molecule has 0 radical (unpaired) electrons. The van der Waals surface area contributed by atoms with Crippen LogP contribution in [-0.4, -0.2) is 43.6 Å². The molecule has 1 aliphatic rings. The van der Waals surface area contributed by atoms with Crippen molar-refractivity contribution in [3.63, 3.8) is 0 Å². The van der Waals surface area contributed by atoms with Gasteiger partial charge in [-0.15, -0.1) is 0 Å². The van der Waals surface area contributed by atoms with Crippen LogP contribution in [0.2, 0.25) is 10.0 Å². The molecule has 45 heavy (non-hydrogen) atoms. The number of aromatic nitrogens is 2. The van der Waals surface area contributed by atoms with Gasteiger partial charge in [-0.1, -0.05) is 102 Å². The van der Waals surface area contributed by atoms with Gasteiger partial charge in [-0.2, -0.15) is 0 Å². The minimum absolute atomic E-state index is 0.0512. The fourth-order valence-corrected chi connectivity index (χ4v) is 6.88. The molecule has 4 aromatic carbocycles. The Hall–Kier alpha value is -4.10. The number of piperidine rings is 1. The largest absolute Gasteiger partial charge is 0.378 e. The number of aliphatic hydroxyl groups is 1. The number of aryl methyl sites for hydroxylation is 1. The van der Waals surface area contributed by atoms with E-state index in [0.29, 0.717) is 49.1 Å². The highest BCUT2D eigenvalue weighted by Crippen LogP contribution is 2.42. The smallest absolute Gasteiger partial charge is 0.320 e. The molecule has 0 bridgehead atoms. The molecule has 6 nitrogen and oxygen atoms in total. The minimum Gasteiger partial charge on any atom is -0.378 e. The highest BCUT2D eigenvalue weighted by Gasteiger charge is 2.44. The number of carbonyl (C=O) groups excluding carboxylic acids is 1. The number of benzene rings is 4. The summed E-state index contributed by atoms with van der Waals surface area (Å²) in [5.41, 5.74) is 4.42. The van der Waals surface area contributed by atoms with Crippen molar-refractivity contribution in [2.24, 2.45) is 13.0 Å². The average molecular weight is 640 g/mol. The summed E-state index contributed by atoms with van der Waals surface area (Å²) in [7, 11) is 1.91. The summed E-state index contributed by atoms with van der Waals surface area (Å²) < 4.78 is 1.89. The SMILES string of the molecule is Cn1cncc1C(O)(c1ccc(-c2ccccc2)cc1)C1CCN(C(=O)N(Cc2cccc(Cl)c2)Cc2cccc(Cl)c2)CC1. The lowest BCUT2D eigenvalue weighted by Crippen LogP contribution is -2.50. The van der Waals surface area contributed by atoms with Gasteiger partial charge in [0, 0.05) is 49.2 Å². The van der Waals surface area contributed by atoms with E-state index in [1.165, 1.54) is 0 Å². The molecule has 1 fully saturated rings. The number of halogens is 2. The molecular formula is C37H36Cl2N4O2. The normalized spacial score (nSPS) is 15.1. The second-order valence-electron chi connectivity index (χ2n) is 11.8. The van der Waals surface area contributed by atoms with E-state index in [4.69, 9.17) is 23.2 Å². The van der Waals surface area contributed by atoms with Crippen molar-refractivity contribution in [1.82, 2.24) is 19.4 Å². The van der Waals surface area contributed by atoms with Gasteiger partial charge in [0.25, 0.3) is 0 Å².